The summed E-state index contributed by atoms with van der Waals surface area (Å²) in [5.74, 6) is 1.08. The molecule has 1 aliphatic rings. The van der Waals surface area contributed by atoms with Crippen molar-refractivity contribution < 1.29 is 9.21 Å². The van der Waals surface area contributed by atoms with Crippen molar-refractivity contribution in [3.63, 3.8) is 0 Å². The predicted octanol–water partition coefficient (Wildman–Crippen LogP) is 2.91. The molecule has 2 atom stereocenters. The molecule has 0 spiro atoms. The molecule has 5 nitrogen and oxygen atoms in total. The van der Waals surface area contributed by atoms with E-state index in [-0.39, 0.29) is 11.9 Å². The minimum atomic E-state index is 0.00366. The summed E-state index contributed by atoms with van der Waals surface area (Å²) in [5.41, 5.74) is 7.23. The van der Waals surface area contributed by atoms with Gasteiger partial charge in [0, 0.05) is 24.5 Å². The normalized spacial score (nSPS) is 22.0. The molecule has 1 aliphatic heterocycles. The lowest BCUT2D eigenvalue weighted by Gasteiger charge is -2.39. The number of furan rings is 1. The summed E-state index contributed by atoms with van der Waals surface area (Å²) in [7, 11) is 0. The fourth-order valence-corrected chi connectivity index (χ4v) is 3.69. The van der Waals surface area contributed by atoms with Gasteiger partial charge in [-0.1, -0.05) is 6.92 Å². The summed E-state index contributed by atoms with van der Waals surface area (Å²) in [6, 6.07) is 1.89. The number of likely N-dealkylation sites (tertiary alicyclic amines) is 1. The summed E-state index contributed by atoms with van der Waals surface area (Å²) in [6.45, 7) is 5.38. The van der Waals surface area contributed by atoms with Gasteiger partial charge in [-0.2, -0.15) is 0 Å². The van der Waals surface area contributed by atoms with Gasteiger partial charge in [0.2, 0.25) is 0 Å². The molecule has 6 heteroatoms. The average Bonchev–Trinajstić information content (AvgIpc) is 3.15. The van der Waals surface area contributed by atoms with Crippen molar-refractivity contribution in [2.75, 3.05) is 13.1 Å². The number of thiazole rings is 1. The summed E-state index contributed by atoms with van der Waals surface area (Å²) in [6.07, 6.45) is 3.68. The largest absolute Gasteiger partial charge is 0.462 e. The Labute approximate surface area is 134 Å². The second-order valence-electron chi connectivity index (χ2n) is 5.87. The first-order valence-corrected chi connectivity index (χ1v) is 8.50. The van der Waals surface area contributed by atoms with Crippen LogP contribution in [0, 0.1) is 12.8 Å². The Morgan fingerprint density at radius 2 is 2.41 bits per heavy atom. The van der Waals surface area contributed by atoms with Crippen molar-refractivity contribution in [1.29, 1.82) is 0 Å². The van der Waals surface area contributed by atoms with E-state index in [0.29, 0.717) is 23.8 Å². The van der Waals surface area contributed by atoms with Gasteiger partial charge >= 0.3 is 0 Å². The molecular formula is C16H21N3O2S. The standard InChI is InChI=1S/C16H21N3O2S/c1-10-4-3-5-19(14(10)7-17)16(20)12-6-15(21-8-12)13-9-22-11(2)18-13/h6,8-10,14H,3-5,7,17H2,1-2H3/t10-,14-/m1/s1. The molecule has 1 amide bonds. The average molecular weight is 319 g/mol. The number of aryl methyl sites for hydroxylation is 1. The number of piperidine rings is 1. The van der Waals surface area contributed by atoms with E-state index in [0.717, 1.165) is 30.1 Å². The van der Waals surface area contributed by atoms with Gasteiger partial charge in [0.1, 0.15) is 12.0 Å². The maximum Gasteiger partial charge on any atom is 0.257 e. The van der Waals surface area contributed by atoms with E-state index in [9.17, 15) is 4.79 Å². The Hall–Kier alpha value is -1.66. The monoisotopic (exact) mass is 319 g/mol. The maximum absolute atomic E-state index is 12.8. The molecule has 1 fully saturated rings. The highest BCUT2D eigenvalue weighted by molar-refractivity contribution is 7.09. The minimum absolute atomic E-state index is 0.00366. The zero-order valence-corrected chi connectivity index (χ0v) is 13.7. The van der Waals surface area contributed by atoms with E-state index in [2.05, 4.69) is 11.9 Å². The molecular weight excluding hydrogens is 298 g/mol. The van der Waals surface area contributed by atoms with Crippen LogP contribution in [0.15, 0.2) is 22.1 Å². The molecule has 0 bridgehead atoms. The Morgan fingerprint density at radius 3 is 3.09 bits per heavy atom. The molecule has 118 valence electrons. The van der Waals surface area contributed by atoms with Crippen LogP contribution in [0.2, 0.25) is 0 Å². The molecule has 22 heavy (non-hydrogen) atoms. The first-order chi connectivity index (χ1) is 10.6. The molecule has 2 N–H and O–H groups in total. The van der Waals surface area contributed by atoms with Crippen molar-refractivity contribution in [3.05, 3.63) is 28.3 Å². The summed E-state index contributed by atoms with van der Waals surface area (Å²) in [5, 5.41) is 2.92. The fraction of sp³-hybridized carbons (Fsp3) is 0.500. The molecule has 3 rings (SSSR count). The van der Waals surface area contributed by atoms with Crippen LogP contribution in [0.25, 0.3) is 11.5 Å². The maximum atomic E-state index is 12.8. The number of amides is 1. The zero-order valence-electron chi connectivity index (χ0n) is 12.9. The highest BCUT2D eigenvalue weighted by Gasteiger charge is 2.32. The first-order valence-electron chi connectivity index (χ1n) is 7.62. The van der Waals surface area contributed by atoms with Gasteiger partial charge in [0.25, 0.3) is 5.91 Å². The van der Waals surface area contributed by atoms with Crippen LogP contribution < -0.4 is 5.73 Å². The third-order valence-electron chi connectivity index (χ3n) is 4.34. The second-order valence-corrected chi connectivity index (χ2v) is 6.93. The van der Waals surface area contributed by atoms with E-state index in [1.165, 1.54) is 6.26 Å². The number of nitrogens with zero attached hydrogens (tertiary/aromatic N) is 2. The summed E-state index contributed by atoms with van der Waals surface area (Å²) < 4.78 is 5.54. The van der Waals surface area contributed by atoms with Gasteiger partial charge in [0.05, 0.1) is 10.6 Å². The van der Waals surface area contributed by atoms with Crippen LogP contribution in [0.4, 0.5) is 0 Å². The van der Waals surface area contributed by atoms with Crippen LogP contribution in [0.5, 0.6) is 0 Å². The van der Waals surface area contributed by atoms with Crippen molar-refractivity contribution in [2.24, 2.45) is 11.7 Å². The van der Waals surface area contributed by atoms with Crippen LogP contribution in [-0.4, -0.2) is 34.9 Å². The van der Waals surface area contributed by atoms with Crippen molar-refractivity contribution in [1.82, 2.24) is 9.88 Å². The van der Waals surface area contributed by atoms with E-state index >= 15 is 0 Å². The van der Waals surface area contributed by atoms with Crippen molar-refractivity contribution in [3.8, 4) is 11.5 Å². The number of carbonyl (C=O) groups is 1. The molecule has 0 aliphatic carbocycles. The minimum Gasteiger partial charge on any atom is -0.462 e. The molecule has 2 aromatic heterocycles. The van der Waals surface area contributed by atoms with Crippen LogP contribution in [-0.2, 0) is 0 Å². The van der Waals surface area contributed by atoms with Gasteiger partial charge in [0.15, 0.2) is 5.76 Å². The fourth-order valence-electron chi connectivity index (χ4n) is 3.09. The van der Waals surface area contributed by atoms with Crippen molar-refractivity contribution in [2.45, 2.75) is 32.7 Å². The topological polar surface area (TPSA) is 72.4 Å². The zero-order chi connectivity index (χ0) is 15.7. The first kappa shape index (κ1) is 15.2. The quantitative estimate of drug-likeness (QED) is 0.944. The molecule has 3 heterocycles. The number of hydrogen-bond acceptors (Lipinski definition) is 5. The second kappa shape index (κ2) is 6.22. The number of rotatable bonds is 3. The summed E-state index contributed by atoms with van der Waals surface area (Å²) >= 11 is 1.57. The van der Waals surface area contributed by atoms with Crippen LogP contribution >= 0.6 is 11.3 Å². The number of hydrogen-bond donors (Lipinski definition) is 1. The lowest BCUT2D eigenvalue weighted by atomic mass is 9.90. The highest BCUT2D eigenvalue weighted by atomic mass is 32.1. The SMILES string of the molecule is Cc1nc(-c2cc(C(=O)N3CCC[C@@H](C)[C@H]3CN)co2)cs1. The lowest BCUT2D eigenvalue weighted by Crippen LogP contribution is -2.51. The third-order valence-corrected chi connectivity index (χ3v) is 5.11. The molecule has 0 saturated carbocycles. The Balaban J connectivity index is 1.81. The number of aromatic nitrogens is 1. The molecule has 2 aromatic rings. The molecule has 0 radical (unpaired) electrons. The van der Waals surface area contributed by atoms with Gasteiger partial charge < -0.3 is 15.1 Å². The van der Waals surface area contributed by atoms with E-state index < -0.39 is 0 Å². The van der Waals surface area contributed by atoms with E-state index in [1.54, 1.807) is 17.4 Å². The highest BCUT2D eigenvalue weighted by Crippen LogP contribution is 2.27. The van der Waals surface area contributed by atoms with Crippen LogP contribution in [0.3, 0.4) is 0 Å². The predicted molar refractivity (Wildman–Crippen MR) is 86.8 cm³/mol. The number of nitrogens with two attached hydrogens (primary N) is 1. The van der Waals surface area contributed by atoms with Gasteiger partial charge in [-0.15, -0.1) is 11.3 Å². The van der Waals surface area contributed by atoms with Gasteiger partial charge in [-0.3, -0.25) is 4.79 Å². The third kappa shape index (κ3) is 2.80. The molecule has 0 aromatic carbocycles. The molecule has 0 unspecified atom stereocenters. The van der Waals surface area contributed by atoms with Crippen LogP contribution in [0.1, 0.15) is 35.1 Å². The smallest absolute Gasteiger partial charge is 0.257 e. The lowest BCUT2D eigenvalue weighted by molar-refractivity contribution is 0.0532. The van der Waals surface area contributed by atoms with Crippen molar-refractivity contribution >= 4 is 17.2 Å². The van der Waals surface area contributed by atoms with E-state index in [1.807, 2.05) is 17.2 Å². The van der Waals surface area contributed by atoms with Gasteiger partial charge in [-0.05, 0) is 31.7 Å². The van der Waals surface area contributed by atoms with Gasteiger partial charge in [-0.25, -0.2) is 4.98 Å². The van der Waals surface area contributed by atoms with E-state index in [4.69, 9.17) is 10.2 Å². The molecule has 1 saturated heterocycles. The Morgan fingerprint density at radius 1 is 1.59 bits per heavy atom. The Bertz CT molecular complexity index is 664. The summed E-state index contributed by atoms with van der Waals surface area (Å²) in [4.78, 5) is 19.0. The number of carbonyl (C=O) groups excluding carboxylic acids is 1. The Kier molecular flexibility index (Phi) is 4.31.